The Labute approximate surface area is 171 Å². The number of nitrogens with one attached hydrogen (secondary N) is 1. The fourth-order valence-corrected chi connectivity index (χ4v) is 4.11. The first-order valence-electron chi connectivity index (χ1n) is 9.32. The quantitative estimate of drug-likeness (QED) is 0.817. The van der Waals surface area contributed by atoms with Crippen molar-refractivity contribution < 1.29 is 18.0 Å². The molecule has 29 heavy (non-hydrogen) atoms. The molecule has 0 aromatic heterocycles. The summed E-state index contributed by atoms with van der Waals surface area (Å²) in [7, 11) is -3.26. The van der Waals surface area contributed by atoms with E-state index in [1.807, 2.05) is 37.3 Å². The minimum Gasteiger partial charge on any atom is -0.350 e. The molecule has 152 valence electrons. The van der Waals surface area contributed by atoms with E-state index in [1.54, 1.807) is 23.2 Å². The summed E-state index contributed by atoms with van der Waals surface area (Å²) in [5.74, 6) is -0.316. The average Bonchev–Trinajstić information content (AvgIpc) is 2.67. The molecule has 2 atom stereocenters. The largest absolute Gasteiger partial charge is 0.350 e. The summed E-state index contributed by atoms with van der Waals surface area (Å²) < 4.78 is 23.2. The number of hydrogen-bond acceptors (Lipinski definition) is 4. The Morgan fingerprint density at radius 1 is 1.10 bits per heavy atom. The lowest BCUT2D eigenvalue weighted by atomic mass is 9.93. The van der Waals surface area contributed by atoms with Crippen LogP contribution in [0.15, 0.2) is 59.6 Å². The first-order chi connectivity index (χ1) is 13.7. The topological polar surface area (TPSA) is 83.6 Å². The molecule has 0 radical (unpaired) electrons. The Bertz CT molecular complexity index is 1060. The van der Waals surface area contributed by atoms with Gasteiger partial charge in [-0.2, -0.15) is 0 Å². The van der Waals surface area contributed by atoms with E-state index in [4.69, 9.17) is 0 Å². The second kappa shape index (κ2) is 8.21. The van der Waals surface area contributed by atoms with Gasteiger partial charge in [0, 0.05) is 19.4 Å². The molecule has 2 amide bonds. The van der Waals surface area contributed by atoms with Crippen molar-refractivity contribution in [3.05, 3.63) is 71.4 Å². The average molecular weight is 413 g/mol. The van der Waals surface area contributed by atoms with Gasteiger partial charge in [0.25, 0.3) is 0 Å². The number of benzene rings is 2. The van der Waals surface area contributed by atoms with Gasteiger partial charge in [0.15, 0.2) is 9.84 Å². The minimum atomic E-state index is -3.26. The highest BCUT2D eigenvalue weighted by molar-refractivity contribution is 7.90. The molecule has 0 unspecified atom stereocenters. The number of carbonyl (C=O) groups is 2. The van der Waals surface area contributed by atoms with E-state index in [0.29, 0.717) is 0 Å². The summed E-state index contributed by atoms with van der Waals surface area (Å²) in [4.78, 5) is 26.6. The molecule has 0 saturated carbocycles. The molecule has 1 aliphatic heterocycles. The van der Waals surface area contributed by atoms with Crippen molar-refractivity contribution >= 4 is 27.7 Å². The Hall–Kier alpha value is -2.93. The summed E-state index contributed by atoms with van der Waals surface area (Å²) >= 11 is 0. The second-order valence-corrected chi connectivity index (χ2v) is 9.24. The van der Waals surface area contributed by atoms with Crippen molar-refractivity contribution in [3.63, 3.8) is 0 Å². The number of amides is 2. The molecule has 2 aromatic rings. The smallest absolute Gasteiger partial charge is 0.223 e. The molecule has 0 spiro atoms. The molecule has 1 N–H and O–H groups in total. The van der Waals surface area contributed by atoms with Crippen LogP contribution in [0.3, 0.4) is 0 Å². The fourth-order valence-electron chi connectivity index (χ4n) is 3.48. The van der Waals surface area contributed by atoms with E-state index in [9.17, 15) is 18.0 Å². The van der Waals surface area contributed by atoms with Crippen LogP contribution in [0.5, 0.6) is 0 Å². The van der Waals surface area contributed by atoms with Gasteiger partial charge in [-0.05, 0) is 41.8 Å². The van der Waals surface area contributed by atoms with Gasteiger partial charge >= 0.3 is 0 Å². The van der Waals surface area contributed by atoms with Crippen LogP contribution in [-0.4, -0.2) is 31.4 Å². The monoisotopic (exact) mass is 412 g/mol. The van der Waals surface area contributed by atoms with Gasteiger partial charge in [-0.1, -0.05) is 36.4 Å². The van der Waals surface area contributed by atoms with Crippen LogP contribution in [0, 0.1) is 0 Å². The summed E-state index contributed by atoms with van der Waals surface area (Å²) in [5, 5.41) is 2.94. The van der Waals surface area contributed by atoms with E-state index in [1.165, 1.54) is 19.1 Å². The molecule has 0 aliphatic carbocycles. The highest BCUT2D eigenvalue weighted by Crippen LogP contribution is 2.33. The molecule has 1 aliphatic rings. The van der Waals surface area contributed by atoms with E-state index >= 15 is 0 Å². The summed E-state index contributed by atoms with van der Waals surface area (Å²) in [6, 6.07) is 13.5. The lowest BCUT2D eigenvalue weighted by Gasteiger charge is -2.32. The first kappa shape index (κ1) is 20.8. The van der Waals surface area contributed by atoms with Crippen LogP contribution in [0.25, 0.3) is 6.08 Å². The number of fused-ring (bicyclic) bond motifs is 1. The number of hydrogen-bond donors (Lipinski definition) is 1. The maximum absolute atomic E-state index is 12.7. The number of nitrogens with zero attached hydrogens (tertiary/aromatic N) is 1. The van der Waals surface area contributed by atoms with Gasteiger partial charge in [-0.3, -0.25) is 9.59 Å². The first-order valence-corrected chi connectivity index (χ1v) is 11.2. The van der Waals surface area contributed by atoms with Gasteiger partial charge in [-0.15, -0.1) is 0 Å². The van der Waals surface area contributed by atoms with Crippen molar-refractivity contribution in [1.82, 2.24) is 10.2 Å². The molecule has 0 fully saturated rings. The molecule has 3 rings (SSSR count). The Kier molecular flexibility index (Phi) is 5.88. The third kappa shape index (κ3) is 4.74. The van der Waals surface area contributed by atoms with Crippen molar-refractivity contribution in [2.45, 2.75) is 37.2 Å². The lowest BCUT2D eigenvalue weighted by molar-refractivity contribution is -0.130. The van der Waals surface area contributed by atoms with Crippen LogP contribution in [0.4, 0.5) is 0 Å². The maximum atomic E-state index is 12.7. The number of sulfone groups is 1. The third-order valence-corrected chi connectivity index (χ3v) is 6.16. The molecule has 6 nitrogen and oxygen atoms in total. The van der Waals surface area contributed by atoms with E-state index in [0.717, 1.165) is 22.9 Å². The molecule has 7 heteroatoms. The standard InChI is InChI=1S/C22H24N2O4S/c1-15(17-8-10-19(11-9-17)29(3,27)28)23-22(26)14-21-20-7-5-4-6-18(20)12-13-24(21)16(2)25/h4-13,15,21H,14H2,1-3H3,(H,23,26)/t15-,21-/m0/s1. The molecule has 1 heterocycles. The predicted octanol–water partition coefficient (Wildman–Crippen LogP) is 3.23. The van der Waals surface area contributed by atoms with Gasteiger partial charge in [0.1, 0.15) is 0 Å². The zero-order chi connectivity index (χ0) is 21.2. The highest BCUT2D eigenvalue weighted by atomic mass is 32.2. The summed E-state index contributed by atoms with van der Waals surface area (Å²) in [6.45, 7) is 3.32. The van der Waals surface area contributed by atoms with Gasteiger partial charge in [0.2, 0.25) is 11.8 Å². The minimum absolute atomic E-state index is 0.127. The second-order valence-electron chi connectivity index (χ2n) is 7.22. The van der Waals surface area contributed by atoms with Crippen molar-refractivity contribution in [1.29, 1.82) is 0 Å². The SMILES string of the molecule is CC(=O)N1C=Cc2ccccc2[C@@H]1CC(=O)N[C@@H](C)c1ccc(S(C)(=O)=O)cc1. The highest BCUT2D eigenvalue weighted by Gasteiger charge is 2.28. The third-order valence-electron chi connectivity index (χ3n) is 5.03. The van der Waals surface area contributed by atoms with E-state index in [2.05, 4.69) is 5.32 Å². The number of carbonyl (C=O) groups excluding carboxylic acids is 2. The molecule has 0 saturated heterocycles. The zero-order valence-electron chi connectivity index (χ0n) is 16.6. The van der Waals surface area contributed by atoms with Gasteiger partial charge in [0.05, 0.1) is 23.4 Å². The zero-order valence-corrected chi connectivity index (χ0v) is 17.4. The fraction of sp³-hybridized carbons (Fsp3) is 0.273. The van der Waals surface area contributed by atoms with Crippen LogP contribution >= 0.6 is 0 Å². The van der Waals surface area contributed by atoms with E-state index < -0.39 is 9.84 Å². The molecule has 2 aromatic carbocycles. The summed E-state index contributed by atoms with van der Waals surface area (Å²) in [5.41, 5.74) is 2.73. The van der Waals surface area contributed by atoms with Crippen LogP contribution < -0.4 is 5.32 Å². The number of rotatable bonds is 5. The molecular formula is C22H24N2O4S. The predicted molar refractivity (Wildman–Crippen MR) is 111 cm³/mol. The van der Waals surface area contributed by atoms with E-state index in [-0.39, 0.29) is 35.2 Å². The molecule has 0 bridgehead atoms. The Morgan fingerprint density at radius 2 is 1.76 bits per heavy atom. The van der Waals surface area contributed by atoms with Crippen molar-refractivity contribution in [3.8, 4) is 0 Å². The van der Waals surface area contributed by atoms with Crippen LogP contribution in [0.1, 0.15) is 49.0 Å². The van der Waals surface area contributed by atoms with Crippen molar-refractivity contribution in [2.24, 2.45) is 0 Å². The molecular weight excluding hydrogens is 388 g/mol. The van der Waals surface area contributed by atoms with Gasteiger partial charge in [-0.25, -0.2) is 8.42 Å². The lowest BCUT2D eigenvalue weighted by Crippen LogP contribution is -2.36. The van der Waals surface area contributed by atoms with Crippen molar-refractivity contribution in [2.75, 3.05) is 6.26 Å². The Morgan fingerprint density at radius 3 is 2.38 bits per heavy atom. The van der Waals surface area contributed by atoms with Crippen LogP contribution in [-0.2, 0) is 19.4 Å². The Balaban J connectivity index is 1.73. The summed E-state index contributed by atoms with van der Waals surface area (Å²) in [6.07, 6.45) is 4.88. The van der Waals surface area contributed by atoms with Crippen LogP contribution in [0.2, 0.25) is 0 Å². The van der Waals surface area contributed by atoms with Gasteiger partial charge < -0.3 is 10.2 Å². The normalized spacial score (nSPS) is 16.8. The maximum Gasteiger partial charge on any atom is 0.223 e.